The molecule has 11 nitrogen and oxygen atoms in total. The fourth-order valence-electron chi connectivity index (χ4n) is 4.71. The first-order chi connectivity index (χ1) is 18.0. The lowest BCUT2D eigenvalue weighted by molar-refractivity contribution is -0.136. The summed E-state index contributed by atoms with van der Waals surface area (Å²) in [6, 6.07) is 4.63. The van der Waals surface area contributed by atoms with E-state index in [2.05, 4.69) is 17.2 Å². The van der Waals surface area contributed by atoms with Crippen molar-refractivity contribution >= 4 is 34.8 Å². The Morgan fingerprint density at radius 3 is 2.61 bits per heavy atom. The number of ether oxygens (including phenoxy) is 1. The average Bonchev–Trinajstić information content (AvgIpc) is 3.09. The highest BCUT2D eigenvalue weighted by atomic mass is 16.6. The Kier molecular flexibility index (Phi) is 7.62. The number of imide groups is 1. The molecule has 2 aliphatic heterocycles. The van der Waals surface area contributed by atoms with Crippen LogP contribution in [0.5, 0.6) is 0 Å². The monoisotopic (exact) mass is 523 g/mol. The van der Waals surface area contributed by atoms with E-state index in [1.807, 2.05) is 6.07 Å². The number of aryl methyl sites for hydroxylation is 1. The number of nitrogens with zero attached hydrogens (tertiary/aromatic N) is 4. The van der Waals surface area contributed by atoms with Crippen molar-refractivity contribution in [3.8, 4) is 11.8 Å². The SMILES string of the molecule is Cn1c(=O)n(C2CCC(=O)NC2=O)c2cccc(C#CCCCN3CCN(C(=O)OC(C)(C)C)CC3=O)c21. The summed E-state index contributed by atoms with van der Waals surface area (Å²) in [5.74, 6) is 5.33. The Balaban J connectivity index is 1.38. The zero-order valence-corrected chi connectivity index (χ0v) is 22.2. The third-order valence-corrected chi connectivity index (χ3v) is 6.55. The molecule has 1 atom stereocenters. The molecule has 1 N–H and O–H groups in total. The third-order valence-electron chi connectivity index (χ3n) is 6.55. The molecule has 0 aliphatic carbocycles. The van der Waals surface area contributed by atoms with E-state index >= 15 is 0 Å². The predicted octanol–water partition coefficient (Wildman–Crippen LogP) is 1.53. The summed E-state index contributed by atoms with van der Waals surface area (Å²) in [7, 11) is 1.64. The van der Waals surface area contributed by atoms with E-state index < -0.39 is 23.6 Å². The molecular formula is C27H33N5O6. The Bertz CT molecular complexity index is 1400. The molecule has 2 aliphatic rings. The van der Waals surface area contributed by atoms with Crippen LogP contribution in [0, 0.1) is 11.8 Å². The van der Waals surface area contributed by atoms with Gasteiger partial charge in [-0.2, -0.15) is 0 Å². The van der Waals surface area contributed by atoms with Crippen LogP contribution < -0.4 is 11.0 Å². The fraction of sp³-hybridized carbons (Fsp3) is 0.519. The smallest absolute Gasteiger partial charge is 0.410 e. The highest BCUT2D eigenvalue weighted by Gasteiger charge is 2.32. The standard InChI is InChI=1S/C27H33N5O6/c1-27(2,3)38-26(37)31-16-15-30(22(34)17-31)14-7-5-6-9-18-10-8-11-19-23(18)29(4)25(36)32(19)20-12-13-21(33)28-24(20)35/h8,10-11,20H,5,7,12-17H2,1-4H3,(H,28,33,35). The number of carbonyl (C=O) groups excluding carboxylic acids is 4. The molecule has 38 heavy (non-hydrogen) atoms. The molecule has 4 amide bonds. The van der Waals surface area contributed by atoms with Crippen molar-refractivity contribution in [3.05, 3.63) is 34.2 Å². The van der Waals surface area contributed by atoms with Crippen LogP contribution >= 0.6 is 0 Å². The molecule has 0 bridgehead atoms. The van der Waals surface area contributed by atoms with Crippen molar-refractivity contribution < 1.29 is 23.9 Å². The lowest BCUT2D eigenvalue weighted by atomic mass is 10.1. The summed E-state index contributed by atoms with van der Waals surface area (Å²) >= 11 is 0. The molecule has 1 aromatic carbocycles. The van der Waals surface area contributed by atoms with Crippen LogP contribution in [0.25, 0.3) is 11.0 Å². The lowest BCUT2D eigenvalue weighted by Gasteiger charge is -2.35. The van der Waals surface area contributed by atoms with E-state index in [1.165, 1.54) is 14.0 Å². The van der Waals surface area contributed by atoms with Crippen LogP contribution in [-0.2, 0) is 26.2 Å². The number of fused-ring (bicyclic) bond motifs is 1. The van der Waals surface area contributed by atoms with Gasteiger partial charge in [-0.25, -0.2) is 9.59 Å². The van der Waals surface area contributed by atoms with E-state index in [4.69, 9.17) is 4.74 Å². The maximum atomic E-state index is 13.0. The van der Waals surface area contributed by atoms with Gasteiger partial charge in [0.25, 0.3) is 0 Å². The molecule has 2 aromatic rings. The molecule has 3 heterocycles. The number of benzene rings is 1. The van der Waals surface area contributed by atoms with Gasteiger partial charge in [0, 0.05) is 39.5 Å². The summed E-state index contributed by atoms with van der Waals surface area (Å²) in [5, 5.41) is 2.31. The van der Waals surface area contributed by atoms with Crippen LogP contribution in [-0.4, -0.2) is 74.5 Å². The van der Waals surface area contributed by atoms with Crippen LogP contribution in [0.4, 0.5) is 4.79 Å². The largest absolute Gasteiger partial charge is 0.444 e. The van der Waals surface area contributed by atoms with Crippen molar-refractivity contribution in [3.63, 3.8) is 0 Å². The number of aromatic nitrogens is 2. The highest BCUT2D eigenvalue weighted by Crippen LogP contribution is 2.24. The first kappa shape index (κ1) is 27.0. The lowest BCUT2D eigenvalue weighted by Crippen LogP contribution is -2.53. The molecule has 2 saturated heterocycles. The number of hydrogen-bond donors (Lipinski definition) is 1. The second kappa shape index (κ2) is 10.7. The van der Waals surface area contributed by atoms with Crippen LogP contribution in [0.15, 0.2) is 23.0 Å². The van der Waals surface area contributed by atoms with Crippen molar-refractivity contribution in [2.45, 2.75) is 58.1 Å². The number of carbonyl (C=O) groups is 4. The van der Waals surface area contributed by atoms with E-state index in [-0.39, 0.29) is 36.9 Å². The number of piperazine rings is 1. The topological polar surface area (TPSA) is 123 Å². The van der Waals surface area contributed by atoms with Gasteiger partial charge in [0.15, 0.2) is 0 Å². The van der Waals surface area contributed by atoms with E-state index in [9.17, 15) is 24.0 Å². The second-order valence-corrected chi connectivity index (χ2v) is 10.5. The molecule has 0 spiro atoms. The summed E-state index contributed by atoms with van der Waals surface area (Å²) < 4.78 is 8.26. The zero-order valence-electron chi connectivity index (χ0n) is 22.2. The van der Waals surface area contributed by atoms with Crippen molar-refractivity contribution in [1.82, 2.24) is 24.3 Å². The Morgan fingerprint density at radius 1 is 1.16 bits per heavy atom. The molecule has 0 saturated carbocycles. The summed E-state index contributed by atoms with van der Waals surface area (Å²) in [5.41, 5.74) is 0.929. The van der Waals surface area contributed by atoms with E-state index in [0.717, 1.165) is 0 Å². The maximum absolute atomic E-state index is 13.0. The molecule has 202 valence electrons. The van der Waals surface area contributed by atoms with Gasteiger partial charge >= 0.3 is 11.8 Å². The number of para-hydroxylation sites is 1. The number of imidazole rings is 1. The van der Waals surface area contributed by atoms with Crippen molar-refractivity contribution in [1.29, 1.82) is 0 Å². The molecular weight excluding hydrogens is 490 g/mol. The maximum Gasteiger partial charge on any atom is 0.410 e. The number of hydrogen-bond acceptors (Lipinski definition) is 6. The first-order valence-electron chi connectivity index (χ1n) is 12.7. The van der Waals surface area contributed by atoms with E-state index in [1.54, 1.807) is 44.9 Å². The number of nitrogens with one attached hydrogen (secondary N) is 1. The molecule has 2 fully saturated rings. The number of rotatable bonds is 4. The average molecular weight is 524 g/mol. The Labute approximate surface area is 220 Å². The number of amides is 4. The van der Waals surface area contributed by atoms with Gasteiger partial charge in [0.2, 0.25) is 17.7 Å². The Hall–Kier alpha value is -4.07. The van der Waals surface area contributed by atoms with Crippen LogP contribution in [0.1, 0.15) is 58.1 Å². The zero-order chi connectivity index (χ0) is 27.6. The summed E-state index contributed by atoms with van der Waals surface area (Å²) in [6.07, 6.45) is 1.17. The normalized spacial score (nSPS) is 18.3. The fourth-order valence-corrected chi connectivity index (χ4v) is 4.71. The molecule has 11 heteroatoms. The van der Waals surface area contributed by atoms with E-state index in [0.29, 0.717) is 49.1 Å². The second-order valence-electron chi connectivity index (χ2n) is 10.5. The number of piperidine rings is 1. The quantitative estimate of drug-likeness (QED) is 0.368. The minimum atomic E-state index is -0.750. The van der Waals surface area contributed by atoms with Gasteiger partial charge in [0.1, 0.15) is 18.2 Å². The minimum Gasteiger partial charge on any atom is -0.444 e. The summed E-state index contributed by atoms with van der Waals surface area (Å²) in [6.45, 7) is 6.77. The van der Waals surface area contributed by atoms with Gasteiger partial charge < -0.3 is 9.64 Å². The Morgan fingerprint density at radius 2 is 1.92 bits per heavy atom. The molecule has 4 rings (SSSR count). The summed E-state index contributed by atoms with van der Waals surface area (Å²) in [4.78, 5) is 64.9. The third kappa shape index (κ3) is 5.74. The van der Waals surface area contributed by atoms with Crippen LogP contribution in [0.3, 0.4) is 0 Å². The predicted molar refractivity (Wildman–Crippen MR) is 139 cm³/mol. The van der Waals surface area contributed by atoms with Crippen molar-refractivity contribution in [2.24, 2.45) is 7.05 Å². The first-order valence-corrected chi connectivity index (χ1v) is 12.7. The van der Waals surface area contributed by atoms with Crippen LogP contribution in [0.2, 0.25) is 0 Å². The van der Waals surface area contributed by atoms with Gasteiger partial charge in [-0.1, -0.05) is 17.9 Å². The minimum absolute atomic E-state index is 0.000778. The molecule has 1 unspecified atom stereocenters. The van der Waals surface area contributed by atoms with Gasteiger partial charge in [-0.3, -0.25) is 33.7 Å². The highest BCUT2D eigenvalue weighted by molar-refractivity contribution is 6.00. The number of unbranched alkanes of at least 4 members (excludes halogenated alkanes) is 1. The van der Waals surface area contributed by atoms with Crippen molar-refractivity contribution in [2.75, 3.05) is 26.2 Å². The molecule has 0 radical (unpaired) electrons. The van der Waals surface area contributed by atoms with Gasteiger partial charge in [-0.05, 0) is 45.7 Å². The van der Waals surface area contributed by atoms with Gasteiger partial charge in [0.05, 0.1) is 16.6 Å². The molecule has 1 aromatic heterocycles. The van der Waals surface area contributed by atoms with Gasteiger partial charge in [-0.15, -0.1) is 0 Å².